The number of benzene rings is 3. The van der Waals surface area contributed by atoms with Gasteiger partial charge in [0, 0.05) is 0 Å². The first-order valence-corrected chi connectivity index (χ1v) is 16.5. The quantitative estimate of drug-likeness (QED) is 0.304. The minimum atomic E-state index is -3.56. The van der Waals surface area contributed by atoms with Crippen molar-refractivity contribution in [3.05, 3.63) is 103 Å². The molecule has 0 unspecified atom stereocenters. The van der Waals surface area contributed by atoms with Gasteiger partial charge in [0.15, 0.2) is 0 Å². The van der Waals surface area contributed by atoms with Crippen LogP contribution in [0.1, 0.15) is 13.3 Å². The molecule has 2 aliphatic carbocycles. The van der Waals surface area contributed by atoms with E-state index in [1.807, 2.05) is 0 Å². The van der Waals surface area contributed by atoms with E-state index in [1.54, 1.807) is 0 Å². The first kappa shape index (κ1) is 18.9. The Morgan fingerprint density at radius 1 is 0.759 bits per heavy atom. The predicted molar refractivity (Wildman–Crippen MR) is 123 cm³/mol. The zero-order valence-electron chi connectivity index (χ0n) is 16.7. The van der Waals surface area contributed by atoms with Gasteiger partial charge in [-0.05, 0) is 0 Å². The van der Waals surface area contributed by atoms with Crippen LogP contribution in [0, 0.1) is 17.3 Å². The van der Waals surface area contributed by atoms with Gasteiger partial charge in [0.05, 0.1) is 0 Å². The monoisotopic (exact) mass is 486 g/mol. The number of rotatable bonds is 5. The Morgan fingerprint density at radius 3 is 1.62 bits per heavy atom. The summed E-state index contributed by atoms with van der Waals surface area (Å²) in [6.45, 7) is 2.24. The van der Waals surface area contributed by atoms with Crippen LogP contribution in [-0.2, 0) is 4.79 Å². The summed E-state index contributed by atoms with van der Waals surface area (Å²) in [7, 11) is 0. The van der Waals surface area contributed by atoms with Crippen molar-refractivity contribution in [2.75, 3.05) is 0 Å². The van der Waals surface area contributed by atoms with Crippen LogP contribution in [0.3, 0.4) is 0 Å². The number of aldehydes is 1. The molecule has 2 bridgehead atoms. The molecular formula is C27H26OSn. The molecule has 0 N–H and O–H groups in total. The summed E-state index contributed by atoms with van der Waals surface area (Å²) in [6, 6.07) is 33.4. The Bertz CT molecular complexity index is 931. The molecule has 1 nitrogen and oxygen atoms in total. The van der Waals surface area contributed by atoms with Crippen LogP contribution in [0.5, 0.6) is 0 Å². The molecule has 2 heteroatoms. The third-order valence-corrected chi connectivity index (χ3v) is 23.7. The van der Waals surface area contributed by atoms with Crippen LogP contribution in [-0.4, -0.2) is 24.7 Å². The summed E-state index contributed by atoms with van der Waals surface area (Å²) < 4.78 is 4.78. The molecule has 0 aromatic heterocycles. The summed E-state index contributed by atoms with van der Waals surface area (Å²) >= 11 is -3.56. The van der Waals surface area contributed by atoms with E-state index in [1.165, 1.54) is 17.0 Å². The first-order chi connectivity index (χ1) is 14.2. The van der Waals surface area contributed by atoms with E-state index in [4.69, 9.17) is 0 Å². The number of carbonyl (C=O) groups excluding carboxylic acids is 1. The molecule has 1 fully saturated rings. The van der Waals surface area contributed by atoms with E-state index < -0.39 is 18.4 Å². The predicted octanol–water partition coefficient (Wildman–Crippen LogP) is 3.94. The molecule has 2 aliphatic rings. The Morgan fingerprint density at radius 2 is 1.21 bits per heavy atom. The fourth-order valence-corrected chi connectivity index (χ4v) is 24.3. The maximum absolute atomic E-state index is 12.7. The van der Waals surface area contributed by atoms with Gasteiger partial charge < -0.3 is 0 Å². The van der Waals surface area contributed by atoms with Crippen LogP contribution in [0.25, 0.3) is 0 Å². The van der Waals surface area contributed by atoms with Gasteiger partial charge in [-0.3, -0.25) is 0 Å². The number of carbonyl (C=O) groups is 1. The second-order valence-electron chi connectivity index (χ2n) is 8.76. The molecule has 0 amide bonds. The van der Waals surface area contributed by atoms with Gasteiger partial charge >= 0.3 is 178 Å². The van der Waals surface area contributed by atoms with Crippen LogP contribution in [0.2, 0.25) is 3.93 Å². The third kappa shape index (κ3) is 2.70. The fraction of sp³-hybridized carbons (Fsp3) is 0.222. The molecule has 3 aromatic carbocycles. The fourth-order valence-electron chi connectivity index (χ4n) is 6.22. The Kier molecular flexibility index (Phi) is 4.74. The standard InChI is InChI=1S/C9H11O.3C6H5.Sn/c1-9(6-10)5-7-2-3-8(9)4-7;3*1-2-4-6-5-3-1;/h2-3,5-8H,4H2,1H3;3*1-5H;/t7-,8+,9-;;;;/m0..../s1. The van der Waals surface area contributed by atoms with E-state index in [2.05, 4.69) is 110 Å². The summed E-state index contributed by atoms with van der Waals surface area (Å²) in [5.74, 6) is 0.842. The Labute approximate surface area is 177 Å². The number of hydrogen-bond donors (Lipinski definition) is 0. The summed E-state index contributed by atoms with van der Waals surface area (Å²) in [6.07, 6.45) is 7.14. The molecule has 3 aromatic rings. The normalized spacial score (nSPS) is 27.8. The number of hydrogen-bond acceptors (Lipinski definition) is 1. The third-order valence-electron chi connectivity index (χ3n) is 7.42. The van der Waals surface area contributed by atoms with Gasteiger partial charge in [-0.2, -0.15) is 0 Å². The molecule has 1 saturated carbocycles. The average Bonchev–Trinajstić information content (AvgIpc) is 3.38. The summed E-state index contributed by atoms with van der Waals surface area (Å²) in [5, 5.41) is 0. The van der Waals surface area contributed by atoms with Crippen molar-refractivity contribution in [1.29, 1.82) is 0 Å². The van der Waals surface area contributed by atoms with Crippen LogP contribution in [0.15, 0.2) is 103 Å². The number of allylic oxidation sites excluding steroid dienone is 2. The molecular weight excluding hydrogens is 459 g/mol. The molecule has 0 spiro atoms. The van der Waals surface area contributed by atoms with Gasteiger partial charge in [0.1, 0.15) is 0 Å². The molecule has 5 rings (SSSR count). The topological polar surface area (TPSA) is 17.1 Å². The summed E-state index contributed by atoms with van der Waals surface area (Å²) in [4.78, 5) is 12.7. The van der Waals surface area contributed by atoms with Crippen molar-refractivity contribution in [3.63, 3.8) is 0 Å². The maximum atomic E-state index is 12.7. The molecule has 0 radical (unpaired) electrons. The van der Waals surface area contributed by atoms with Crippen molar-refractivity contribution < 1.29 is 4.79 Å². The van der Waals surface area contributed by atoms with Crippen LogP contribution in [0.4, 0.5) is 0 Å². The van der Waals surface area contributed by atoms with E-state index in [-0.39, 0.29) is 5.41 Å². The van der Waals surface area contributed by atoms with Crippen LogP contribution >= 0.6 is 0 Å². The molecule has 0 aliphatic heterocycles. The first-order valence-electron chi connectivity index (χ1n) is 10.5. The molecule has 0 heterocycles. The van der Waals surface area contributed by atoms with E-state index >= 15 is 0 Å². The van der Waals surface area contributed by atoms with Gasteiger partial charge in [-0.1, -0.05) is 0 Å². The van der Waals surface area contributed by atoms with Gasteiger partial charge in [-0.25, -0.2) is 0 Å². The van der Waals surface area contributed by atoms with Gasteiger partial charge in [-0.15, -0.1) is 0 Å². The number of fused-ring (bicyclic) bond motifs is 2. The molecule has 4 atom stereocenters. The molecule has 29 heavy (non-hydrogen) atoms. The second-order valence-corrected chi connectivity index (χ2v) is 20.1. The average molecular weight is 485 g/mol. The van der Waals surface area contributed by atoms with E-state index in [9.17, 15) is 4.79 Å². The summed E-state index contributed by atoms with van der Waals surface area (Å²) in [5.41, 5.74) is -0.309. The van der Waals surface area contributed by atoms with Crippen molar-refractivity contribution >= 4 is 35.4 Å². The second kappa shape index (κ2) is 7.28. The van der Waals surface area contributed by atoms with Crippen molar-refractivity contribution in [1.82, 2.24) is 0 Å². The zero-order valence-corrected chi connectivity index (χ0v) is 19.6. The Balaban J connectivity index is 1.89. The van der Waals surface area contributed by atoms with E-state index in [0.29, 0.717) is 15.8 Å². The van der Waals surface area contributed by atoms with Gasteiger partial charge in [0.2, 0.25) is 0 Å². The Hall–Kier alpha value is -2.13. The molecule has 144 valence electrons. The van der Waals surface area contributed by atoms with Crippen LogP contribution < -0.4 is 10.7 Å². The molecule has 0 saturated heterocycles. The van der Waals surface area contributed by atoms with Gasteiger partial charge in [0.25, 0.3) is 0 Å². The van der Waals surface area contributed by atoms with Crippen molar-refractivity contribution in [2.45, 2.75) is 17.3 Å². The van der Waals surface area contributed by atoms with E-state index in [0.717, 1.165) is 6.42 Å². The SMILES string of the molecule is C[C@]1(C=O)[C@@H]2C=C[C@@H](C2)[C@H]1[Sn]([c]1ccccc1)([c]1ccccc1)[c]1ccccc1. The van der Waals surface area contributed by atoms with Crippen molar-refractivity contribution in [2.24, 2.45) is 17.3 Å². The zero-order chi connectivity index (χ0) is 19.9. The minimum absolute atomic E-state index is 0.309. The van der Waals surface area contributed by atoms with Crippen molar-refractivity contribution in [3.8, 4) is 0 Å².